The molecule has 1 amide bonds. The number of hydrogen-bond donors (Lipinski definition) is 1. The normalized spacial score (nSPS) is 12.5. The molecule has 0 saturated heterocycles. The van der Waals surface area contributed by atoms with Gasteiger partial charge in [0, 0.05) is 23.2 Å². The highest BCUT2D eigenvalue weighted by molar-refractivity contribution is 7.20. The average molecular weight is 447 g/mol. The van der Waals surface area contributed by atoms with Gasteiger partial charge in [-0.3, -0.25) is 4.79 Å². The molecule has 2 aromatic carbocycles. The van der Waals surface area contributed by atoms with E-state index < -0.39 is 0 Å². The zero-order valence-electron chi connectivity index (χ0n) is 14.9. The molecule has 0 aliphatic carbocycles. The molecule has 7 nitrogen and oxygen atoms in total. The van der Waals surface area contributed by atoms with Gasteiger partial charge >= 0.3 is 0 Å². The number of benzene rings is 2. The summed E-state index contributed by atoms with van der Waals surface area (Å²) in [5.74, 6) is 1.47. The standard InChI is InChI=1S/C19H12Cl2N4O3S/c1-9-4-17(23-18(26)11-3-2-10(20)5-12(11)21)25(24-9)19-22-13-6-14-15(28-8-27-14)7-16(13)29-19/h2-7H,8H2,1H3,(H,23,26). The lowest BCUT2D eigenvalue weighted by Gasteiger charge is -2.08. The number of aromatic nitrogens is 3. The first kappa shape index (κ1) is 18.2. The van der Waals surface area contributed by atoms with E-state index in [2.05, 4.69) is 15.4 Å². The summed E-state index contributed by atoms with van der Waals surface area (Å²) in [5.41, 5.74) is 1.81. The molecule has 1 N–H and O–H groups in total. The maximum Gasteiger partial charge on any atom is 0.258 e. The SMILES string of the molecule is Cc1cc(NC(=O)c2ccc(Cl)cc2Cl)n(-c2nc3cc4c(cc3s2)OCO4)n1. The lowest BCUT2D eigenvalue weighted by atomic mass is 10.2. The number of anilines is 1. The smallest absolute Gasteiger partial charge is 0.258 e. The molecular weight excluding hydrogens is 435 g/mol. The van der Waals surface area contributed by atoms with Crippen molar-refractivity contribution < 1.29 is 14.3 Å². The number of hydrogen-bond acceptors (Lipinski definition) is 6. The van der Waals surface area contributed by atoms with Crippen molar-refractivity contribution in [3.8, 4) is 16.6 Å². The van der Waals surface area contributed by atoms with E-state index in [0.717, 1.165) is 15.9 Å². The largest absolute Gasteiger partial charge is 0.454 e. The lowest BCUT2D eigenvalue weighted by molar-refractivity contribution is 0.102. The third kappa shape index (κ3) is 3.29. The summed E-state index contributed by atoms with van der Waals surface area (Å²) in [7, 11) is 0. The molecule has 2 aromatic heterocycles. The van der Waals surface area contributed by atoms with Gasteiger partial charge in [0.2, 0.25) is 11.9 Å². The van der Waals surface area contributed by atoms with E-state index in [1.165, 1.54) is 17.4 Å². The van der Waals surface area contributed by atoms with Crippen LogP contribution in [-0.2, 0) is 0 Å². The monoisotopic (exact) mass is 446 g/mol. The van der Waals surface area contributed by atoms with Crippen molar-refractivity contribution in [1.29, 1.82) is 0 Å². The van der Waals surface area contributed by atoms with Gasteiger partial charge in [-0.25, -0.2) is 4.98 Å². The van der Waals surface area contributed by atoms with E-state index in [4.69, 9.17) is 32.7 Å². The first-order valence-electron chi connectivity index (χ1n) is 8.51. The molecule has 0 saturated carbocycles. The van der Waals surface area contributed by atoms with E-state index in [9.17, 15) is 4.79 Å². The summed E-state index contributed by atoms with van der Waals surface area (Å²) in [6.07, 6.45) is 0. The van der Waals surface area contributed by atoms with E-state index in [1.807, 2.05) is 19.1 Å². The van der Waals surface area contributed by atoms with Crippen LogP contribution < -0.4 is 14.8 Å². The Morgan fingerprint density at radius 2 is 1.97 bits per heavy atom. The molecule has 146 valence electrons. The van der Waals surface area contributed by atoms with Gasteiger partial charge in [0.15, 0.2) is 11.5 Å². The number of carbonyl (C=O) groups excluding carboxylic acids is 1. The van der Waals surface area contributed by atoms with Crippen LogP contribution in [0.5, 0.6) is 11.5 Å². The molecule has 10 heteroatoms. The van der Waals surface area contributed by atoms with Crippen LogP contribution >= 0.6 is 34.5 Å². The number of nitrogens with zero attached hydrogens (tertiary/aromatic N) is 3. The fraction of sp³-hybridized carbons (Fsp3) is 0.105. The van der Waals surface area contributed by atoms with Crippen LogP contribution in [0.2, 0.25) is 10.0 Å². The fourth-order valence-electron chi connectivity index (χ4n) is 2.99. The van der Waals surface area contributed by atoms with Gasteiger partial charge in [-0.1, -0.05) is 34.5 Å². The number of ether oxygens (including phenoxy) is 2. The van der Waals surface area contributed by atoms with E-state index >= 15 is 0 Å². The molecule has 1 aliphatic rings. The van der Waals surface area contributed by atoms with Crippen LogP contribution in [0.4, 0.5) is 5.82 Å². The van der Waals surface area contributed by atoms with E-state index in [-0.39, 0.29) is 17.7 Å². The van der Waals surface area contributed by atoms with Crippen molar-refractivity contribution >= 4 is 56.5 Å². The van der Waals surface area contributed by atoms with Gasteiger partial charge in [-0.15, -0.1) is 0 Å². The molecule has 0 atom stereocenters. The van der Waals surface area contributed by atoms with Gasteiger partial charge < -0.3 is 14.8 Å². The summed E-state index contributed by atoms with van der Waals surface area (Å²) < 4.78 is 13.4. The predicted molar refractivity (Wildman–Crippen MR) is 112 cm³/mol. The van der Waals surface area contributed by atoms with E-state index in [0.29, 0.717) is 33.0 Å². The second-order valence-electron chi connectivity index (χ2n) is 6.33. The molecule has 29 heavy (non-hydrogen) atoms. The second kappa shape index (κ2) is 6.91. The molecule has 0 bridgehead atoms. The molecule has 0 radical (unpaired) electrons. The number of carbonyl (C=O) groups is 1. The summed E-state index contributed by atoms with van der Waals surface area (Å²) >= 11 is 13.5. The highest BCUT2D eigenvalue weighted by Crippen LogP contribution is 2.39. The Balaban J connectivity index is 1.51. The zero-order chi connectivity index (χ0) is 20.1. The van der Waals surface area contributed by atoms with Crippen molar-refractivity contribution in [2.45, 2.75) is 6.92 Å². The summed E-state index contributed by atoms with van der Waals surface area (Å²) in [6.45, 7) is 2.05. The highest BCUT2D eigenvalue weighted by atomic mass is 35.5. The van der Waals surface area contributed by atoms with Gasteiger partial charge in [0.25, 0.3) is 5.91 Å². The molecule has 3 heterocycles. The first-order valence-corrected chi connectivity index (χ1v) is 10.1. The minimum absolute atomic E-state index is 0.210. The summed E-state index contributed by atoms with van der Waals surface area (Å²) in [6, 6.07) is 10.2. The third-order valence-electron chi connectivity index (χ3n) is 4.30. The zero-order valence-corrected chi connectivity index (χ0v) is 17.2. The van der Waals surface area contributed by atoms with Crippen LogP contribution in [0.3, 0.4) is 0 Å². The van der Waals surface area contributed by atoms with Gasteiger partial charge in [0.05, 0.1) is 26.5 Å². The number of nitrogens with one attached hydrogen (secondary N) is 1. The van der Waals surface area contributed by atoms with Crippen molar-refractivity contribution in [1.82, 2.24) is 14.8 Å². The number of fused-ring (bicyclic) bond motifs is 2. The van der Waals surface area contributed by atoms with Crippen molar-refractivity contribution in [3.05, 3.63) is 57.7 Å². The third-order valence-corrected chi connectivity index (χ3v) is 5.84. The highest BCUT2D eigenvalue weighted by Gasteiger charge is 2.20. The number of amides is 1. The van der Waals surface area contributed by atoms with Crippen LogP contribution in [0.25, 0.3) is 15.3 Å². The molecule has 1 aliphatic heterocycles. The van der Waals surface area contributed by atoms with Gasteiger partial charge in [0.1, 0.15) is 5.82 Å². The molecule has 0 spiro atoms. The number of halogens is 2. The Hall–Kier alpha value is -2.81. The summed E-state index contributed by atoms with van der Waals surface area (Å²) in [4.78, 5) is 17.3. The Bertz CT molecular complexity index is 1240. The van der Waals surface area contributed by atoms with Crippen LogP contribution in [0, 0.1) is 6.92 Å². The van der Waals surface area contributed by atoms with Crippen LogP contribution in [0.1, 0.15) is 16.1 Å². The van der Waals surface area contributed by atoms with E-state index in [1.54, 1.807) is 22.9 Å². The maximum atomic E-state index is 12.7. The first-order chi connectivity index (χ1) is 14.0. The summed E-state index contributed by atoms with van der Waals surface area (Å²) in [5, 5.41) is 8.66. The van der Waals surface area contributed by atoms with Crippen molar-refractivity contribution in [2.24, 2.45) is 0 Å². The Kier molecular flexibility index (Phi) is 4.34. The predicted octanol–water partition coefficient (Wildman–Crippen LogP) is 5.08. The molecule has 5 rings (SSSR count). The fourth-order valence-corrected chi connectivity index (χ4v) is 4.42. The lowest BCUT2D eigenvalue weighted by Crippen LogP contribution is -2.15. The Morgan fingerprint density at radius 1 is 1.17 bits per heavy atom. The van der Waals surface area contributed by atoms with Crippen molar-refractivity contribution in [2.75, 3.05) is 12.1 Å². The maximum absolute atomic E-state index is 12.7. The number of aryl methyl sites for hydroxylation is 1. The number of rotatable bonds is 3. The second-order valence-corrected chi connectivity index (χ2v) is 8.18. The van der Waals surface area contributed by atoms with Crippen LogP contribution in [-0.4, -0.2) is 27.5 Å². The van der Waals surface area contributed by atoms with Crippen LogP contribution in [0.15, 0.2) is 36.4 Å². The Labute approximate surface area is 178 Å². The molecule has 0 unspecified atom stereocenters. The average Bonchev–Trinajstić information content (AvgIpc) is 3.36. The van der Waals surface area contributed by atoms with Gasteiger partial charge in [-0.05, 0) is 25.1 Å². The molecule has 4 aromatic rings. The molecular formula is C19H12Cl2N4O3S. The Morgan fingerprint density at radius 3 is 2.76 bits per heavy atom. The molecule has 0 fully saturated rings. The topological polar surface area (TPSA) is 78.3 Å². The number of thiazole rings is 1. The minimum Gasteiger partial charge on any atom is -0.454 e. The van der Waals surface area contributed by atoms with Crippen molar-refractivity contribution in [3.63, 3.8) is 0 Å². The minimum atomic E-state index is -0.366. The quantitative estimate of drug-likeness (QED) is 0.474. The van der Waals surface area contributed by atoms with Gasteiger partial charge in [-0.2, -0.15) is 9.78 Å².